The fourth-order valence-electron chi connectivity index (χ4n) is 3.66. The van der Waals surface area contributed by atoms with Gasteiger partial charge in [-0.2, -0.15) is 5.10 Å². The predicted octanol–water partition coefficient (Wildman–Crippen LogP) is 3.32. The molecule has 1 unspecified atom stereocenters. The van der Waals surface area contributed by atoms with Crippen LogP contribution in [0, 0.1) is 0 Å². The van der Waals surface area contributed by atoms with Crippen LogP contribution in [0.25, 0.3) is 5.69 Å². The molecule has 1 fully saturated rings. The molecule has 3 aromatic rings. The Morgan fingerprint density at radius 1 is 1.16 bits per heavy atom. The van der Waals surface area contributed by atoms with Gasteiger partial charge in [0.1, 0.15) is 12.1 Å². The minimum Gasteiger partial charge on any atom is -0.324 e. The van der Waals surface area contributed by atoms with Crippen molar-refractivity contribution in [1.29, 1.82) is 0 Å². The van der Waals surface area contributed by atoms with Gasteiger partial charge in [0.25, 0.3) is 5.91 Å². The van der Waals surface area contributed by atoms with Gasteiger partial charge in [-0.25, -0.2) is 9.48 Å². The van der Waals surface area contributed by atoms with Crippen LogP contribution in [0.5, 0.6) is 0 Å². The Hall–Kier alpha value is -3.65. The number of benzene rings is 2. The molecule has 1 aliphatic rings. The summed E-state index contributed by atoms with van der Waals surface area (Å²) in [5.74, 6) is -0.959. The Kier molecular flexibility index (Phi) is 5.48. The van der Waals surface area contributed by atoms with Crippen molar-refractivity contribution in [3.8, 4) is 5.69 Å². The summed E-state index contributed by atoms with van der Waals surface area (Å²) in [6.45, 7) is 1.41. The summed E-state index contributed by atoms with van der Waals surface area (Å²) < 4.78 is 1.61. The summed E-state index contributed by atoms with van der Waals surface area (Å²) in [5, 5.41) is 9.96. The van der Waals surface area contributed by atoms with Crippen molar-refractivity contribution in [1.82, 2.24) is 20.0 Å². The van der Waals surface area contributed by atoms with Crippen LogP contribution in [-0.4, -0.2) is 39.1 Å². The lowest BCUT2D eigenvalue weighted by Crippen LogP contribution is -2.44. The van der Waals surface area contributed by atoms with Crippen molar-refractivity contribution in [2.45, 2.75) is 18.9 Å². The molecule has 1 aliphatic heterocycles. The molecule has 0 bridgehead atoms. The number of hydrogen-bond acceptors (Lipinski definition) is 4. The molecule has 2 aromatic carbocycles. The Labute approximate surface area is 183 Å². The number of aromatic nitrogens is 2. The van der Waals surface area contributed by atoms with Gasteiger partial charge in [-0.15, -0.1) is 0 Å². The molecular weight excluding hydrogens is 418 g/mol. The summed E-state index contributed by atoms with van der Waals surface area (Å²) in [4.78, 5) is 39.2. The molecule has 1 atom stereocenters. The van der Waals surface area contributed by atoms with E-state index in [1.54, 1.807) is 65.6 Å². The van der Waals surface area contributed by atoms with E-state index < -0.39 is 29.9 Å². The highest BCUT2D eigenvalue weighted by atomic mass is 35.5. The third kappa shape index (κ3) is 3.77. The highest BCUT2D eigenvalue weighted by Gasteiger charge is 2.51. The first-order valence-electron chi connectivity index (χ1n) is 9.73. The Morgan fingerprint density at radius 3 is 2.58 bits per heavy atom. The molecule has 4 amide bonds. The Morgan fingerprint density at radius 2 is 1.94 bits per heavy atom. The highest BCUT2D eigenvalue weighted by molar-refractivity contribution is 6.32. The highest BCUT2D eigenvalue weighted by Crippen LogP contribution is 2.32. The molecule has 4 rings (SSSR count). The van der Waals surface area contributed by atoms with Crippen LogP contribution in [0.2, 0.25) is 5.02 Å². The molecular formula is C22H20ClN5O3. The fourth-order valence-corrected chi connectivity index (χ4v) is 3.92. The van der Waals surface area contributed by atoms with Crippen molar-refractivity contribution >= 4 is 35.1 Å². The minimum atomic E-state index is -1.17. The lowest BCUT2D eigenvalue weighted by atomic mass is 9.87. The van der Waals surface area contributed by atoms with Gasteiger partial charge in [-0.1, -0.05) is 48.9 Å². The Bertz CT molecular complexity index is 1130. The van der Waals surface area contributed by atoms with Crippen LogP contribution in [0.15, 0.2) is 67.0 Å². The van der Waals surface area contributed by atoms with Crippen LogP contribution in [0.1, 0.15) is 18.9 Å². The SMILES string of the molecule is CCC1(c2ccccc2)NC(=O)N(CC(=O)Nc2ccc(-n3cccn3)c(Cl)c2)C1=O. The summed E-state index contributed by atoms with van der Waals surface area (Å²) in [5.41, 5.74) is 0.616. The van der Waals surface area contributed by atoms with Crippen LogP contribution in [0.3, 0.4) is 0 Å². The van der Waals surface area contributed by atoms with Crippen LogP contribution < -0.4 is 10.6 Å². The molecule has 0 radical (unpaired) electrons. The van der Waals surface area contributed by atoms with Gasteiger partial charge in [0.05, 0.1) is 10.7 Å². The van der Waals surface area contributed by atoms with Gasteiger partial charge in [0.2, 0.25) is 5.91 Å². The number of anilines is 1. The predicted molar refractivity (Wildman–Crippen MR) is 116 cm³/mol. The molecule has 2 heterocycles. The number of urea groups is 1. The smallest absolute Gasteiger partial charge is 0.324 e. The number of carbonyl (C=O) groups excluding carboxylic acids is 3. The van der Waals surface area contributed by atoms with Crippen molar-refractivity contribution < 1.29 is 14.4 Å². The van der Waals surface area contributed by atoms with Gasteiger partial charge >= 0.3 is 6.03 Å². The van der Waals surface area contributed by atoms with Crippen LogP contribution in [-0.2, 0) is 15.1 Å². The van der Waals surface area contributed by atoms with Crippen LogP contribution >= 0.6 is 11.6 Å². The quantitative estimate of drug-likeness (QED) is 0.578. The maximum atomic E-state index is 13.1. The molecule has 158 valence electrons. The van der Waals surface area contributed by atoms with Crippen molar-refractivity contribution in [3.05, 3.63) is 77.6 Å². The fraction of sp³-hybridized carbons (Fsp3) is 0.182. The van der Waals surface area contributed by atoms with Crippen LogP contribution in [0.4, 0.5) is 10.5 Å². The summed E-state index contributed by atoms with van der Waals surface area (Å²) in [6.07, 6.45) is 3.75. The number of nitrogens with zero attached hydrogens (tertiary/aromatic N) is 3. The largest absolute Gasteiger partial charge is 0.325 e. The van der Waals surface area contributed by atoms with Gasteiger partial charge in [0, 0.05) is 18.1 Å². The number of carbonyl (C=O) groups is 3. The second-order valence-electron chi connectivity index (χ2n) is 7.11. The lowest BCUT2D eigenvalue weighted by molar-refractivity contribution is -0.134. The maximum absolute atomic E-state index is 13.1. The van der Waals surface area contributed by atoms with E-state index in [1.807, 2.05) is 13.0 Å². The van der Waals surface area contributed by atoms with E-state index in [2.05, 4.69) is 15.7 Å². The molecule has 0 saturated carbocycles. The van der Waals surface area contributed by atoms with Gasteiger partial charge in [-0.3, -0.25) is 14.5 Å². The first-order chi connectivity index (χ1) is 14.9. The topological polar surface area (TPSA) is 96.3 Å². The maximum Gasteiger partial charge on any atom is 0.325 e. The van der Waals surface area contributed by atoms with E-state index in [0.29, 0.717) is 28.4 Å². The Balaban J connectivity index is 1.48. The zero-order valence-electron chi connectivity index (χ0n) is 16.7. The molecule has 8 nitrogen and oxygen atoms in total. The van der Waals surface area contributed by atoms with E-state index in [0.717, 1.165) is 4.90 Å². The van der Waals surface area contributed by atoms with Crippen molar-refractivity contribution in [2.24, 2.45) is 0 Å². The zero-order chi connectivity index (χ0) is 22.0. The van der Waals surface area contributed by atoms with E-state index >= 15 is 0 Å². The van der Waals surface area contributed by atoms with E-state index in [9.17, 15) is 14.4 Å². The number of nitrogens with one attached hydrogen (secondary N) is 2. The number of imide groups is 1. The third-order valence-electron chi connectivity index (χ3n) is 5.26. The van der Waals surface area contributed by atoms with Crippen molar-refractivity contribution in [2.75, 3.05) is 11.9 Å². The third-order valence-corrected chi connectivity index (χ3v) is 5.56. The van der Waals surface area contributed by atoms with Gasteiger partial charge < -0.3 is 10.6 Å². The minimum absolute atomic E-state index is 0.365. The first-order valence-corrected chi connectivity index (χ1v) is 10.1. The molecule has 1 saturated heterocycles. The summed E-state index contributed by atoms with van der Waals surface area (Å²) in [7, 11) is 0. The number of rotatable bonds is 6. The van der Waals surface area contributed by atoms with Gasteiger partial charge in [0.15, 0.2) is 0 Å². The average Bonchev–Trinajstić information content (AvgIpc) is 3.38. The summed E-state index contributed by atoms with van der Waals surface area (Å²) in [6, 6.07) is 15.2. The zero-order valence-corrected chi connectivity index (χ0v) is 17.5. The van der Waals surface area contributed by atoms with E-state index in [1.165, 1.54) is 0 Å². The summed E-state index contributed by atoms with van der Waals surface area (Å²) >= 11 is 6.30. The molecule has 0 aliphatic carbocycles. The van der Waals surface area contributed by atoms with Gasteiger partial charge in [-0.05, 0) is 36.2 Å². The van der Waals surface area contributed by atoms with E-state index in [4.69, 9.17) is 11.6 Å². The first kappa shape index (κ1) is 20.6. The molecule has 9 heteroatoms. The average molecular weight is 438 g/mol. The molecule has 0 spiro atoms. The lowest BCUT2D eigenvalue weighted by Gasteiger charge is -2.25. The number of halogens is 1. The monoisotopic (exact) mass is 437 g/mol. The number of amides is 4. The second kappa shape index (κ2) is 8.23. The molecule has 2 N–H and O–H groups in total. The number of hydrogen-bond donors (Lipinski definition) is 2. The normalized spacial score (nSPS) is 18.2. The molecule has 31 heavy (non-hydrogen) atoms. The van der Waals surface area contributed by atoms with E-state index in [-0.39, 0.29) is 0 Å². The van der Waals surface area contributed by atoms with Crippen molar-refractivity contribution in [3.63, 3.8) is 0 Å². The second-order valence-corrected chi connectivity index (χ2v) is 7.52. The molecule has 1 aromatic heterocycles. The standard InChI is InChI=1S/C22H20ClN5O3/c1-2-22(15-7-4-3-5-8-15)20(30)27(21(31)26-22)14-19(29)25-16-9-10-18(17(23)13-16)28-12-6-11-24-28/h3-13H,2,14H2,1H3,(H,25,29)(H,26,31).